The Kier molecular flexibility index (Phi) is 11.5. The molecule has 0 unspecified atom stereocenters. The molecular weight excluding hydrogens is 474 g/mol. The van der Waals surface area contributed by atoms with Crippen molar-refractivity contribution in [1.82, 2.24) is 0 Å². The molecule has 0 saturated carbocycles. The lowest BCUT2D eigenvalue weighted by Gasteiger charge is -2.01. The fraction of sp³-hybridized carbons (Fsp3) is 0.133. The topological polar surface area (TPSA) is 73.9 Å². The first kappa shape index (κ1) is 28.7. The minimum Gasteiger partial charge on any atom is -0.494 e. The highest BCUT2D eigenvalue weighted by atomic mass is 19.1. The van der Waals surface area contributed by atoms with Gasteiger partial charge in [-0.25, -0.2) is 8.78 Å². The number of aliphatic imine (C=N–C) groups is 1. The van der Waals surface area contributed by atoms with Gasteiger partial charge in [-0.15, -0.1) is 0 Å². The second-order valence-electron chi connectivity index (χ2n) is 7.91. The van der Waals surface area contributed by atoms with Crippen molar-refractivity contribution in [3.05, 3.63) is 119 Å². The van der Waals surface area contributed by atoms with E-state index in [9.17, 15) is 13.6 Å². The van der Waals surface area contributed by atoms with E-state index in [4.69, 9.17) is 10.5 Å². The molecule has 0 bridgehead atoms. The Balaban J connectivity index is 0.000000215. The van der Waals surface area contributed by atoms with Crippen LogP contribution in [0.15, 0.2) is 89.9 Å². The number of aryl methyl sites for hydroxylation is 2. The molecule has 2 N–H and O–H groups in total. The van der Waals surface area contributed by atoms with E-state index in [1.807, 2.05) is 62.4 Å². The van der Waals surface area contributed by atoms with Gasteiger partial charge in [0.2, 0.25) is 0 Å². The summed E-state index contributed by atoms with van der Waals surface area (Å²) in [4.78, 5) is 14.4. The number of aldehydes is 1. The Bertz CT molecular complexity index is 1280. The zero-order valence-electron chi connectivity index (χ0n) is 21.2. The van der Waals surface area contributed by atoms with Crippen molar-refractivity contribution in [3.63, 3.8) is 0 Å². The van der Waals surface area contributed by atoms with Crippen LogP contribution in [0.25, 0.3) is 0 Å². The second-order valence-corrected chi connectivity index (χ2v) is 7.91. The largest absolute Gasteiger partial charge is 0.494 e. The van der Waals surface area contributed by atoms with E-state index in [1.165, 1.54) is 43.5 Å². The number of nitrogens with zero attached hydrogens (tertiary/aromatic N) is 1. The summed E-state index contributed by atoms with van der Waals surface area (Å²) in [5.41, 5.74) is 10.5. The van der Waals surface area contributed by atoms with Crippen LogP contribution in [0.4, 0.5) is 20.2 Å². The van der Waals surface area contributed by atoms with Gasteiger partial charge in [0, 0.05) is 17.5 Å². The SMILES string of the molecule is COc1ccc(C=Nc2ccc(C)cc2)cc1F.COc1ccc(C=O)cc1F.Cc1ccc(N)cc1. The minimum atomic E-state index is -0.517. The summed E-state index contributed by atoms with van der Waals surface area (Å²) in [6.07, 6.45) is 2.22. The van der Waals surface area contributed by atoms with Crippen LogP contribution in [0.5, 0.6) is 11.5 Å². The van der Waals surface area contributed by atoms with Crippen molar-refractivity contribution in [1.29, 1.82) is 0 Å². The molecule has 0 aliphatic rings. The highest BCUT2D eigenvalue weighted by Gasteiger charge is 2.02. The number of benzene rings is 4. The molecule has 0 radical (unpaired) electrons. The van der Waals surface area contributed by atoms with E-state index in [1.54, 1.807) is 18.3 Å². The molecule has 0 aromatic heterocycles. The first-order valence-corrected chi connectivity index (χ1v) is 11.3. The number of carbonyl (C=O) groups is 1. The second kappa shape index (κ2) is 14.8. The molecule has 37 heavy (non-hydrogen) atoms. The van der Waals surface area contributed by atoms with E-state index in [0.717, 1.165) is 17.4 Å². The zero-order chi connectivity index (χ0) is 27.2. The number of nitrogens with two attached hydrogens (primary N) is 1. The Hall–Kier alpha value is -4.52. The quantitative estimate of drug-likeness (QED) is 0.178. The third kappa shape index (κ3) is 9.93. The van der Waals surface area contributed by atoms with Crippen LogP contribution in [0.1, 0.15) is 27.0 Å². The average molecular weight is 505 g/mol. The number of hydrogen-bond donors (Lipinski definition) is 1. The molecule has 0 spiro atoms. The van der Waals surface area contributed by atoms with Gasteiger partial charge in [0.15, 0.2) is 23.1 Å². The predicted molar refractivity (Wildman–Crippen MR) is 145 cm³/mol. The van der Waals surface area contributed by atoms with E-state index >= 15 is 0 Å². The molecule has 0 amide bonds. The van der Waals surface area contributed by atoms with E-state index in [2.05, 4.69) is 9.73 Å². The molecule has 0 aliphatic heterocycles. The van der Waals surface area contributed by atoms with Gasteiger partial charge in [0.1, 0.15) is 6.29 Å². The third-order valence-electron chi connectivity index (χ3n) is 4.96. The molecule has 4 aromatic carbocycles. The molecule has 4 rings (SSSR count). The van der Waals surface area contributed by atoms with Crippen LogP contribution in [0.2, 0.25) is 0 Å². The summed E-state index contributed by atoms with van der Waals surface area (Å²) >= 11 is 0. The Labute approximate surface area is 216 Å². The maximum Gasteiger partial charge on any atom is 0.165 e. The molecule has 192 valence electrons. The highest BCUT2D eigenvalue weighted by Crippen LogP contribution is 2.18. The number of hydrogen-bond acceptors (Lipinski definition) is 5. The molecule has 0 saturated heterocycles. The van der Waals surface area contributed by atoms with Crippen LogP contribution in [-0.4, -0.2) is 26.7 Å². The molecule has 0 atom stereocenters. The van der Waals surface area contributed by atoms with Gasteiger partial charge >= 0.3 is 0 Å². The van der Waals surface area contributed by atoms with Gasteiger partial charge < -0.3 is 15.2 Å². The lowest BCUT2D eigenvalue weighted by atomic mass is 10.2. The molecule has 7 heteroatoms. The minimum absolute atomic E-state index is 0.149. The van der Waals surface area contributed by atoms with Crippen LogP contribution in [0, 0.1) is 25.5 Å². The first-order valence-electron chi connectivity index (χ1n) is 11.3. The number of carbonyl (C=O) groups excluding carboxylic acids is 1. The summed E-state index contributed by atoms with van der Waals surface area (Å²) in [5, 5.41) is 0. The Morgan fingerprint density at radius 2 is 1.16 bits per heavy atom. The summed E-state index contributed by atoms with van der Waals surface area (Å²) in [7, 11) is 2.82. The smallest absolute Gasteiger partial charge is 0.165 e. The normalized spacial score (nSPS) is 10.0. The van der Waals surface area contributed by atoms with Gasteiger partial charge in [-0.3, -0.25) is 9.79 Å². The van der Waals surface area contributed by atoms with E-state index in [0.29, 0.717) is 17.4 Å². The van der Waals surface area contributed by atoms with Crippen LogP contribution < -0.4 is 15.2 Å². The summed E-state index contributed by atoms with van der Waals surface area (Å²) in [6.45, 7) is 4.06. The number of halogens is 2. The molecule has 0 fully saturated rings. The van der Waals surface area contributed by atoms with Crippen molar-refractivity contribution in [2.24, 2.45) is 4.99 Å². The third-order valence-corrected chi connectivity index (χ3v) is 4.96. The maximum absolute atomic E-state index is 13.4. The molecular formula is C30H30F2N2O3. The number of anilines is 1. The molecule has 0 aliphatic carbocycles. The Morgan fingerprint density at radius 1 is 0.703 bits per heavy atom. The first-order chi connectivity index (χ1) is 17.7. The highest BCUT2D eigenvalue weighted by molar-refractivity contribution is 5.82. The van der Waals surface area contributed by atoms with Gasteiger partial charge in [0.05, 0.1) is 19.9 Å². The van der Waals surface area contributed by atoms with Crippen LogP contribution >= 0.6 is 0 Å². The average Bonchev–Trinajstić information content (AvgIpc) is 2.91. The standard InChI is InChI=1S/C15H14FNO.C8H7FO2.C7H9N/c1-11-3-6-13(7-4-11)17-10-12-5-8-15(18-2)14(16)9-12;1-11-8-3-2-6(5-10)4-7(8)9;1-6-2-4-7(8)5-3-6/h3-10H,1-2H3;2-5H,1H3;2-5H,8H2,1H3. The van der Waals surface area contributed by atoms with Gasteiger partial charge in [-0.1, -0.05) is 35.4 Å². The van der Waals surface area contributed by atoms with Crippen molar-refractivity contribution in [2.75, 3.05) is 20.0 Å². The number of methoxy groups -OCH3 is 2. The van der Waals surface area contributed by atoms with Gasteiger partial charge in [0.25, 0.3) is 0 Å². The van der Waals surface area contributed by atoms with Gasteiger partial charge in [-0.2, -0.15) is 0 Å². The van der Waals surface area contributed by atoms with Crippen molar-refractivity contribution >= 4 is 23.9 Å². The fourth-order valence-corrected chi connectivity index (χ4v) is 2.87. The lowest BCUT2D eigenvalue weighted by molar-refractivity contribution is 0.112. The molecule has 0 heterocycles. The van der Waals surface area contributed by atoms with Crippen LogP contribution in [-0.2, 0) is 0 Å². The van der Waals surface area contributed by atoms with Crippen molar-refractivity contribution in [2.45, 2.75) is 13.8 Å². The lowest BCUT2D eigenvalue weighted by Crippen LogP contribution is -1.90. The fourth-order valence-electron chi connectivity index (χ4n) is 2.87. The molecule has 4 aromatic rings. The predicted octanol–water partition coefficient (Wildman–Crippen LogP) is 7.12. The maximum atomic E-state index is 13.4. The van der Waals surface area contributed by atoms with Gasteiger partial charge in [-0.05, 0) is 80.1 Å². The number of rotatable bonds is 5. The van der Waals surface area contributed by atoms with Crippen LogP contribution in [0.3, 0.4) is 0 Å². The Morgan fingerprint density at radius 3 is 1.59 bits per heavy atom. The van der Waals surface area contributed by atoms with E-state index < -0.39 is 5.82 Å². The zero-order valence-corrected chi connectivity index (χ0v) is 21.2. The summed E-state index contributed by atoms with van der Waals surface area (Å²) in [6, 6.07) is 24.4. The summed E-state index contributed by atoms with van der Waals surface area (Å²) in [5.74, 6) is -0.513. The summed E-state index contributed by atoms with van der Waals surface area (Å²) < 4.78 is 35.7. The molecule has 5 nitrogen and oxygen atoms in total. The van der Waals surface area contributed by atoms with Crippen molar-refractivity contribution < 1.29 is 23.0 Å². The number of nitrogen functional groups attached to an aromatic ring is 1. The van der Waals surface area contributed by atoms with E-state index in [-0.39, 0.29) is 17.3 Å². The van der Waals surface area contributed by atoms with Crippen molar-refractivity contribution in [3.8, 4) is 11.5 Å². The number of ether oxygens (including phenoxy) is 2. The monoisotopic (exact) mass is 504 g/mol.